The summed E-state index contributed by atoms with van der Waals surface area (Å²) in [6, 6.07) is 30.0. The van der Waals surface area contributed by atoms with Crippen molar-refractivity contribution in [1.29, 1.82) is 0 Å². The Labute approximate surface area is 219 Å². The van der Waals surface area contributed by atoms with E-state index in [2.05, 4.69) is 36.4 Å². The molecule has 4 aromatic carbocycles. The first-order chi connectivity index (χ1) is 17.9. The smallest absolute Gasteiger partial charge is 0.206 e. The molecule has 1 aliphatic carbocycles. The molecule has 0 radical (unpaired) electrons. The molecule has 1 unspecified atom stereocenters. The van der Waals surface area contributed by atoms with Crippen LogP contribution in [0.25, 0.3) is 0 Å². The van der Waals surface area contributed by atoms with E-state index in [0.29, 0.717) is 11.5 Å². The highest BCUT2D eigenvalue weighted by Gasteiger charge is 2.34. The van der Waals surface area contributed by atoms with Gasteiger partial charge >= 0.3 is 0 Å². The van der Waals surface area contributed by atoms with Gasteiger partial charge in [-0.1, -0.05) is 54.1 Å². The number of rotatable bonds is 7. The van der Waals surface area contributed by atoms with Crippen molar-refractivity contribution in [3.8, 4) is 17.2 Å². The first-order valence-electron chi connectivity index (χ1n) is 12.4. The monoisotopic (exact) mass is 510 g/mol. The third-order valence-corrected chi connectivity index (χ3v) is 8.91. The van der Waals surface area contributed by atoms with Crippen LogP contribution in [-0.2, 0) is 15.3 Å². The van der Waals surface area contributed by atoms with Gasteiger partial charge in [0.25, 0.3) is 0 Å². The van der Waals surface area contributed by atoms with Crippen molar-refractivity contribution in [2.24, 2.45) is 0 Å². The number of benzene rings is 4. The minimum absolute atomic E-state index is 0.0917. The molecule has 1 aliphatic rings. The van der Waals surface area contributed by atoms with Crippen molar-refractivity contribution in [2.45, 2.75) is 41.4 Å². The second-order valence-corrected chi connectivity index (χ2v) is 11.4. The van der Waals surface area contributed by atoms with E-state index < -0.39 is 9.84 Å². The van der Waals surface area contributed by atoms with Crippen LogP contribution in [-0.4, -0.2) is 15.5 Å². The Morgan fingerprint density at radius 1 is 0.649 bits per heavy atom. The van der Waals surface area contributed by atoms with Gasteiger partial charge < -0.3 is 9.47 Å². The van der Waals surface area contributed by atoms with Crippen molar-refractivity contribution >= 4 is 9.84 Å². The second kappa shape index (κ2) is 10.3. The molecule has 5 heteroatoms. The molecule has 0 saturated carbocycles. The Bertz CT molecular complexity index is 1490. The summed E-state index contributed by atoms with van der Waals surface area (Å²) in [6.45, 7) is 1.93. The molecule has 0 saturated heterocycles. The Kier molecular flexibility index (Phi) is 6.90. The second-order valence-electron chi connectivity index (χ2n) is 9.44. The molecular formula is C32H30O4S. The van der Waals surface area contributed by atoms with Crippen LogP contribution in [0.15, 0.2) is 119 Å². The molecule has 0 fully saturated rings. The lowest BCUT2D eigenvalue weighted by molar-refractivity contribution is 0.413. The Balaban J connectivity index is 1.35. The first kappa shape index (κ1) is 24.8. The Hall–Kier alpha value is -3.83. The molecule has 1 atom stereocenters. The zero-order chi connectivity index (χ0) is 25.9. The summed E-state index contributed by atoms with van der Waals surface area (Å²) in [5, 5.41) is 0. The predicted molar refractivity (Wildman–Crippen MR) is 146 cm³/mol. The van der Waals surface area contributed by atoms with Gasteiger partial charge in [-0.2, -0.15) is 0 Å². The van der Waals surface area contributed by atoms with Crippen LogP contribution in [0.3, 0.4) is 0 Å². The van der Waals surface area contributed by atoms with Gasteiger partial charge in [-0.05, 0) is 98.0 Å². The van der Waals surface area contributed by atoms with Gasteiger partial charge in [0.1, 0.15) is 17.2 Å². The van der Waals surface area contributed by atoms with E-state index >= 15 is 0 Å². The summed E-state index contributed by atoms with van der Waals surface area (Å²) >= 11 is 0. The van der Waals surface area contributed by atoms with Gasteiger partial charge in [0.2, 0.25) is 9.84 Å². The van der Waals surface area contributed by atoms with E-state index in [1.54, 1.807) is 55.6 Å². The zero-order valence-corrected chi connectivity index (χ0v) is 21.9. The fourth-order valence-electron chi connectivity index (χ4n) is 4.95. The van der Waals surface area contributed by atoms with Crippen molar-refractivity contribution in [1.82, 2.24) is 0 Å². The molecule has 0 aliphatic heterocycles. The van der Waals surface area contributed by atoms with Gasteiger partial charge in [-0.3, -0.25) is 0 Å². The topological polar surface area (TPSA) is 52.6 Å². The molecule has 188 valence electrons. The highest BCUT2D eigenvalue weighted by atomic mass is 32.2. The van der Waals surface area contributed by atoms with E-state index in [0.717, 1.165) is 30.6 Å². The molecule has 0 heterocycles. The zero-order valence-electron chi connectivity index (χ0n) is 21.1. The highest BCUT2D eigenvalue weighted by Crippen LogP contribution is 2.43. The van der Waals surface area contributed by atoms with Crippen LogP contribution in [0.2, 0.25) is 0 Å². The van der Waals surface area contributed by atoms with E-state index in [1.807, 2.05) is 31.2 Å². The molecule has 37 heavy (non-hydrogen) atoms. The van der Waals surface area contributed by atoms with Gasteiger partial charge in [0, 0.05) is 5.41 Å². The van der Waals surface area contributed by atoms with E-state index in [-0.39, 0.29) is 15.2 Å². The summed E-state index contributed by atoms with van der Waals surface area (Å²) in [4.78, 5) is 0.525. The summed E-state index contributed by atoms with van der Waals surface area (Å²) in [7, 11) is -1.89. The van der Waals surface area contributed by atoms with Crippen LogP contribution < -0.4 is 9.47 Å². The summed E-state index contributed by atoms with van der Waals surface area (Å²) in [5.74, 6) is 2.14. The van der Waals surface area contributed by atoms with Crippen LogP contribution in [0.1, 0.15) is 36.0 Å². The van der Waals surface area contributed by atoms with Crippen molar-refractivity contribution in [3.05, 3.63) is 126 Å². The quantitative estimate of drug-likeness (QED) is 0.240. The van der Waals surface area contributed by atoms with Crippen LogP contribution in [0.5, 0.6) is 17.2 Å². The molecule has 0 spiro atoms. The molecule has 0 amide bonds. The lowest BCUT2D eigenvalue weighted by Gasteiger charge is -2.36. The van der Waals surface area contributed by atoms with Gasteiger partial charge in [-0.15, -0.1) is 0 Å². The SMILES string of the molecule is COc1ccc(C2(c3ccc(Oc4ccc(S(=O)(=O)c5ccc(C)cc5)cc4)cc3)CC=CCC2)cc1. The number of sulfone groups is 1. The number of hydrogen-bond donors (Lipinski definition) is 0. The third-order valence-electron chi connectivity index (χ3n) is 7.12. The number of aryl methyl sites for hydroxylation is 1. The largest absolute Gasteiger partial charge is 0.497 e. The van der Waals surface area contributed by atoms with Gasteiger partial charge in [-0.25, -0.2) is 8.42 Å². The number of hydrogen-bond acceptors (Lipinski definition) is 4. The normalized spacial score (nSPS) is 17.4. The van der Waals surface area contributed by atoms with E-state index in [1.165, 1.54) is 11.1 Å². The predicted octanol–water partition coefficient (Wildman–Crippen LogP) is 7.65. The van der Waals surface area contributed by atoms with Crippen molar-refractivity contribution in [3.63, 3.8) is 0 Å². The molecule has 4 nitrogen and oxygen atoms in total. The van der Waals surface area contributed by atoms with Gasteiger partial charge in [0.15, 0.2) is 0 Å². The van der Waals surface area contributed by atoms with Crippen LogP contribution >= 0.6 is 0 Å². The fraction of sp³-hybridized carbons (Fsp3) is 0.188. The Morgan fingerprint density at radius 2 is 1.14 bits per heavy atom. The number of allylic oxidation sites excluding steroid dienone is 2. The number of ether oxygens (including phenoxy) is 2. The summed E-state index contributed by atoms with van der Waals surface area (Å²) in [5.41, 5.74) is 3.44. The Morgan fingerprint density at radius 3 is 1.62 bits per heavy atom. The fourth-order valence-corrected chi connectivity index (χ4v) is 6.21. The van der Waals surface area contributed by atoms with Crippen molar-refractivity contribution in [2.75, 3.05) is 7.11 Å². The maximum Gasteiger partial charge on any atom is 0.206 e. The van der Waals surface area contributed by atoms with Gasteiger partial charge in [0.05, 0.1) is 16.9 Å². The lowest BCUT2D eigenvalue weighted by atomic mass is 9.67. The highest BCUT2D eigenvalue weighted by molar-refractivity contribution is 7.91. The van der Waals surface area contributed by atoms with Crippen LogP contribution in [0.4, 0.5) is 0 Å². The van der Waals surface area contributed by atoms with Crippen molar-refractivity contribution < 1.29 is 17.9 Å². The minimum Gasteiger partial charge on any atom is -0.497 e. The molecule has 0 aromatic heterocycles. The first-order valence-corrected chi connectivity index (χ1v) is 13.9. The average Bonchev–Trinajstić information content (AvgIpc) is 2.94. The maximum atomic E-state index is 12.9. The van der Waals surface area contributed by atoms with Crippen LogP contribution in [0, 0.1) is 6.92 Å². The standard InChI is InChI=1S/C32H30O4S/c1-24-6-18-30(19-7-24)37(33,34)31-20-16-29(17-21-31)36-28-14-10-26(11-15-28)32(22-4-3-5-23-32)25-8-12-27(35-2)13-9-25/h3-4,6-21H,5,22-23H2,1-2H3. The van der Waals surface area contributed by atoms with E-state index in [9.17, 15) is 8.42 Å². The molecular weight excluding hydrogens is 480 g/mol. The number of methoxy groups -OCH3 is 1. The lowest BCUT2D eigenvalue weighted by Crippen LogP contribution is -2.28. The summed E-state index contributed by atoms with van der Waals surface area (Å²) < 4.78 is 37.3. The minimum atomic E-state index is -3.57. The van der Waals surface area contributed by atoms with E-state index in [4.69, 9.17) is 9.47 Å². The average molecular weight is 511 g/mol. The summed E-state index contributed by atoms with van der Waals surface area (Å²) in [6.07, 6.45) is 7.53. The third kappa shape index (κ3) is 5.05. The molecule has 5 rings (SSSR count). The molecule has 0 bridgehead atoms. The molecule has 0 N–H and O–H groups in total. The molecule has 4 aromatic rings. The maximum absolute atomic E-state index is 12.9.